The van der Waals surface area contributed by atoms with E-state index in [0.717, 1.165) is 5.56 Å². The van der Waals surface area contributed by atoms with E-state index in [1.54, 1.807) is 24.3 Å². The summed E-state index contributed by atoms with van der Waals surface area (Å²) in [5.74, 6) is -3.04. The van der Waals surface area contributed by atoms with Crippen LogP contribution in [-0.4, -0.2) is 41.8 Å². The molecular formula is C17H21N5O4. The molecule has 0 radical (unpaired) electrons. The van der Waals surface area contributed by atoms with Crippen LogP contribution in [0.1, 0.15) is 12.5 Å². The van der Waals surface area contributed by atoms with Crippen LogP contribution < -0.4 is 21.7 Å². The molecule has 2 amide bonds. The maximum atomic E-state index is 11.4. The molecule has 9 heteroatoms. The minimum Gasteiger partial charge on any atom is -0.474 e. The number of hydrogen-bond acceptors (Lipinski definition) is 5. The van der Waals surface area contributed by atoms with Gasteiger partial charge in [-0.2, -0.15) is 0 Å². The van der Waals surface area contributed by atoms with E-state index in [1.165, 1.54) is 13.0 Å². The van der Waals surface area contributed by atoms with Crippen molar-refractivity contribution in [2.45, 2.75) is 6.92 Å². The Morgan fingerprint density at radius 2 is 1.88 bits per heavy atom. The highest BCUT2D eigenvalue weighted by atomic mass is 16.4. The molecule has 0 bridgehead atoms. The van der Waals surface area contributed by atoms with Gasteiger partial charge in [0.05, 0.1) is 6.54 Å². The fourth-order valence-electron chi connectivity index (χ4n) is 1.76. The van der Waals surface area contributed by atoms with E-state index in [2.05, 4.69) is 27.5 Å². The first-order chi connectivity index (χ1) is 12.3. The van der Waals surface area contributed by atoms with E-state index < -0.39 is 11.9 Å². The molecule has 0 saturated carbocycles. The van der Waals surface area contributed by atoms with Crippen LogP contribution in [0.2, 0.25) is 0 Å². The Morgan fingerprint density at radius 1 is 1.23 bits per heavy atom. The fraction of sp³-hybridized carbons (Fsp3) is 0.176. The largest absolute Gasteiger partial charge is 0.474 e. The van der Waals surface area contributed by atoms with E-state index in [0.29, 0.717) is 12.2 Å². The molecule has 0 unspecified atom stereocenters. The van der Waals surface area contributed by atoms with Gasteiger partial charge in [0.15, 0.2) is 0 Å². The average molecular weight is 359 g/mol. The minimum absolute atomic E-state index is 0.00651. The molecule has 1 aromatic rings. The zero-order valence-electron chi connectivity index (χ0n) is 14.3. The van der Waals surface area contributed by atoms with Gasteiger partial charge in [-0.15, -0.1) is 0 Å². The Hall–Kier alpha value is -3.62. The van der Waals surface area contributed by atoms with Crippen molar-refractivity contribution in [1.82, 2.24) is 16.0 Å². The fourth-order valence-corrected chi connectivity index (χ4v) is 1.76. The highest BCUT2D eigenvalue weighted by Crippen LogP contribution is 2.09. The zero-order valence-corrected chi connectivity index (χ0v) is 14.3. The lowest BCUT2D eigenvalue weighted by Gasteiger charge is -2.14. The van der Waals surface area contributed by atoms with Gasteiger partial charge in [-0.1, -0.05) is 36.9 Å². The summed E-state index contributed by atoms with van der Waals surface area (Å²) in [4.78, 5) is 37.0. The predicted octanol–water partition coefficient (Wildman–Crippen LogP) is -0.218. The van der Waals surface area contributed by atoms with Crippen LogP contribution in [0.15, 0.2) is 53.8 Å². The number of aliphatic imine (C=N–C) groups is 1. The van der Waals surface area contributed by atoms with Crippen molar-refractivity contribution in [3.63, 3.8) is 0 Å². The zero-order chi connectivity index (χ0) is 19.5. The van der Waals surface area contributed by atoms with Gasteiger partial charge in [-0.3, -0.25) is 14.6 Å². The maximum Gasteiger partial charge on any atom is 0.394 e. The number of amides is 2. The Labute approximate surface area is 150 Å². The second-order valence-corrected chi connectivity index (χ2v) is 5.08. The molecule has 26 heavy (non-hydrogen) atoms. The van der Waals surface area contributed by atoms with E-state index >= 15 is 0 Å². The number of amidine groups is 1. The number of carboxylic acids is 1. The standard InChI is InChI=1S/C17H21N5O4/c1-11(13-6-4-3-5-7-13)21-15(22-16(24)17(25)26)10-14(18)20-9-8-19-12(2)23/h3-7,10,21H,1,8-9H2,2H3,(H2,18,20)(H,19,23)(H,22,24)(H,25,26). The molecule has 0 spiro atoms. The van der Waals surface area contributed by atoms with Gasteiger partial charge < -0.3 is 26.8 Å². The quantitative estimate of drug-likeness (QED) is 0.188. The van der Waals surface area contributed by atoms with Crippen molar-refractivity contribution in [2.75, 3.05) is 13.1 Å². The summed E-state index contributed by atoms with van der Waals surface area (Å²) >= 11 is 0. The number of carbonyl (C=O) groups excluding carboxylic acids is 2. The summed E-state index contributed by atoms with van der Waals surface area (Å²) in [6, 6.07) is 9.02. The second kappa shape index (κ2) is 10.3. The smallest absolute Gasteiger partial charge is 0.394 e. The van der Waals surface area contributed by atoms with Crippen molar-refractivity contribution in [1.29, 1.82) is 0 Å². The summed E-state index contributed by atoms with van der Waals surface area (Å²) in [5.41, 5.74) is 6.91. The molecule has 0 aliphatic heterocycles. The van der Waals surface area contributed by atoms with Gasteiger partial charge in [0, 0.05) is 25.2 Å². The molecule has 1 rings (SSSR count). The Morgan fingerprint density at radius 3 is 2.46 bits per heavy atom. The Balaban J connectivity index is 2.87. The molecule has 0 fully saturated rings. The number of carbonyl (C=O) groups is 3. The van der Waals surface area contributed by atoms with E-state index in [-0.39, 0.29) is 24.1 Å². The first kappa shape index (κ1) is 20.4. The van der Waals surface area contributed by atoms with Gasteiger partial charge in [-0.25, -0.2) is 4.79 Å². The molecule has 0 aliphatic carbocycles. The Kier molecular flexibility index (Phi) is 8.08. The van der Waals surface area contributed by atoms with Crippen LogP contribution in [0.3, 0.4) is 0 Å². The highest BCUT2D eigenvalue weighted by Gasteiger charge is 2.13. The minimum atomic E-state index is -1.65. The topological polar surface area (TPSA) is 146 Å². The van der Waals surface area contributed by atoms with Gasteiger partial charge in [0.1, 0.15) is 11.7 Å². The van der Waals surface area contributed by atoms with Crippen molar-refractivity contribution in [3.8, 4) is 0 Å². The average Bonchev–Trinajstić information content (AvgIpc) is 2.59. The third-order valence-corrected chi connectivity index (χ3v) is 2.92. The first-order valence-electron chi connectivity index (χ1n) is 7.61. The summed E-state index contributed by atoms with van der Waals surface area (Å²) in [6.45, 7) is 5.74. The van der Waals surface area contributed by atoms with Crippen LogP contribution in [0, 0.1) is 0 Å². The van der Waals surface area contributed by atoms with Gasteiger partial charge in [0.2, 0.25) is 5.91 Å². The van der Waals surface area contributed by atoms with Gasteiger partial charge in [0.25, 0.3) is 0 Å². The molecular weight excluding hydrogens is 338 g/mol. The van der Waals surface area contributed by atoms with E-state index in [9.17, 15) is 14.4 Å². The molecule has 9 nitrogen and oxygen atoms in total. The number of nitrogens with one attached hydrogen (secondary N) is 3. The van der Waals surface area contributed by atoms with Crippen LogP contribution >= 0.6 is 0 Å². The summed E-state index contributed by atoms with van der Waals surface area (Å²) in [5, 5.41) is 16.3. The maximum absolute atomic E-state index is 11.4. The lowest BCUT2D eigenvalue weighted by Crippen LogP contribution is -2.36. The summed E-state index contributed by atoms with van der Waals surface area (Å²) in [7, 11) is 0. The number of nitrogens with zero attached hydrogens (tertiary/aromatic N) is 1. The van der Waals surface area contributed by atoms with Crippen LogP contribution in [0.5, 0.6) is 0 Å². The van der Waals surface area contributed by atoms with E-state index in [1.807, 2.05) is 6.07 Å². The number of nitrogens with two attached hydrogens (primary N) is 1. The molecule has 0 atom stereocenters. The van der Waals surface area contributed by atoms with Crippen molar-refractivity contribution in [3.05, 3.63) is 54.4 Å². The predicted molar refractivity (Wildman–Crippen MR) is 97.6 cm³/mol. The SMILES string of the molecule is C=C(NC(=CC(N)=NCCNC(C)=O)NC(=O)C(=O)O)c1ccccc1. The van der Waals surface area contributed by atoms with Gasteiger partial charge >= 0.3 is 11.9 Å². The molecule has 0 aromatic heterocycles. The van der Waals surface area contributed by atoms with Crippen molar-refractivity contribution in [2.24, 2.45) is 10.7 Å². The summed E-state index contributed by atoms with van der Waals surface area (Å²) in [6.07, 6.45) is 1.27. The third-order valence-electron chi connectivity index (χ3n) is 2.92. The first-order valence-corrected chi connectivity index (χ1v) is 7.61. The molecule has 0 saturated heterocycles. The molecule has 138 valence electrons. The number of hydrogen-bond donors (Lipinski definition) is 5. The molecule has 0 aliphatic rings. The summed E-state index contributed by atoms with van der Waals surface area (Å²) < 4.78 is 0. The van der Waals surface area contributed by atoms with Crippen molar-refractivity contribution < 1.29 is 19.5 Å². The Bertz CT molecular complexity index is 741. The van der Waals surface area contributed by atoms with Crippen LogP contribution in [0.4, 0.5) is 0 Å². The van der Waals surface area contributed by atoms with Crippen molar-refractivity contribution >= 4 is 29.3 Å². The second-order valence-electron chi connectivity index (χ2n) is 5.08. The molecule has 0 heterocycles. The van der Waals surface area contributed by atoms with Gasteiger partial charge in [-0.05, 0) is 5.56 Å². The highest BCUT2D eigenvalue weighted by molar-refractivity contribution is 6.32. The van der Waals surface area contributed by atoms with Crippen LogP contribution in [-0.2, 0) is 14.4 Å². The van der Waals surface area contributed by atoms with E-state index in [4.69, 9.17) is 10.8 Å². The normalized spacial score (nSPS) is 11.4. The number of aliphatic carboxylic acids is 1. The number of rotatable bonds is 8. The lowest BCUT2D eigenvalue weighted by atomic mass is 10.2. The number of benzene rings is 1. The third kappa shape index (κ3) is 7.77. The number of carboxylic acid groups (broad SMARTS) is 1. The lowest BCUT2D eigenvalue weighted by molar-refractivity contribution is -0.149. The molecule has 1 aromatic carbocycles. The van der Waals surface area contributed by atoms with Crippen LogP contribution in [0.25, 0.3) is 5.70 Å². The monoisotopic (exact) mass is 359 g/mol. The molecule has 6 N–H and O–H groups in total.